The van der Waals surface area contributed by atoms with E-state index in [1.807, 2.05) is 6.07 Å². The summed E-state index contributed by atoms with van der Waals surface area (Å²) in [6.07, 6.45) is 0. The van der Waals surface area contributed by atoms with Gasteiger partial charge in [0.15, 0.2) is 5.75 Å². The number of ether oxygens (including phenoxy) is 1. The lowest BCUT2D eigenvalue weighted by atomic mass is 10.0. The summed E-state index contributed by atoms with van der Waals surface area (Å²) in [6.45, 7) is 2.57. The van der Waals surface area contributed by atoms with Gasteiger partial charge in [0.05, 0.1) is 12.0 Å². The molecule has 6 heteroatoms. The predicted octanol–water partition coefficient (Wildman–Crippen LogP) is 0.837. The Hall–Kier alpha value is -1.66. The Bertz CT molecular complexity index is 416. The van der Waals surface area contributed by atoms with Gasteiger partial charge in [-0.15, -0.1) is 0 Å². The van der Waals surface area contributed by atoms with E-state index >= 15 is 0 Å². The zero-order valence-electron chi connectivity index (χ0n) is 9.60. The fourth-order valence-electron chi connectivity index (χ4n) is 1.96. The van der Waals surface area contributed by atoms with Gasteiger partial charge in [0.1, 0.15) is 0 Å². The molecule has 2 N–H and O–H groups in total. The molecule has 0 saturated carbocycles. The molecule has 1 aromatic rings. The van der Waals surface area contributed by atoms with Gasteiger partial charge in [-0.3, -0.25) is 10.1 Å². The van der Waals surface area contributed by atoms with Crippen LogP contribution in [0.5, 0.6) is 5.75 Å². The van der Waals surface area contributed by atoms with Crippen LogP contribution >= 0.6 is 0 Å². The highest BCUT2D eigenvalue weighted by atomic mass is 16.6. The Balaban J connectivity index is 2.29. The summed E-state index contributed by atoms with van der Waals surface area (Å²) in [5, 5.41) is 17.5. The quantitative estimate of drug-likeness (QED) is 0.601. The number of methoxy groups -OCH3 is 1. The first kappa shape index (κ1) is 11.8. The largest absolute Gasteiger partial charge is 0.490 e. The monoisotopic (exact) mass is 237 g/mol. The second-order valence-electron chi connectivity index (χ2n) is 3.90. The van der Waals surface area contributed by atoms with Crippen LogP contribution in [-0.4, -0.2) is 31.7 Å². The number of nitro groups is 1. The molecular weight excluding hydrogens is 222 g/mol. The highest BCUT2D eigenvalue weighted by Gasteiger charge is 2.20. The van der Waals surface area contributed by atoms with Gasteiger partial charge in [-0.05, 0) is 11.6 Å². The Morgan fingerprint density at radius 1 is 1.47 bits per heavy atom. The van der Waals surface area contributed by atoms with Crippen molar-refractivity contribution in [1.82, 2.24) is 10.6 Å². The maximum Gasteiger partial charge on any atom is 0.311 e. The molecule has 1 aliphatic rings. The number of piperazine rings is 1. The topological polar surface area (TPSA) is 76.4 Å². The average Bonchev–Trinajstić information content (AvgIpc) is 2.39. The Morgan fingerprint density at radius 2 is 2.29 bits per heavy atom. The summed E-state index contributed by atoms with van der Waals surface area (Å²) in [4.78, 5) is 10.5. The van der Waals surface area contributed by atoms with Gasteiger partial charge in [0, 0.05) is 31.7 Å². The summed E-state index contributed by atoms with van der Waals surface area (Å²) in [6, 6.07) is 5.19. The molecule has 1 aliphatic heterocycles. The lowest BCUT2D eigenvalue weighted by Crippen LogP contribution is -2.42. The minimum atomic E-state index is -0.418. The van der Waals surface area contributed by atoms with Crippen molar-refractivity contribution in [3.8, 4) is 5.75 Å². The third-order valence-electron chi connectivity index (χ3n) is 2.84. The highest BCUT2D eigenvalue weighted by molar-refractivity contribution is 5.49. The minimum Gasteiger partial charge on any atom is -0.490 e. The second-order valence-corrected chi connectivity index (χ2v) is 3.90. The summed E-state index contributed by atoms with van der Waals surface area (Å²) in [5.74, 6) is 0.294. The molecule has 1 fully saturated rings. The molecule has 0 spiro atoms. The average molecular weight is 237 g/mol. The smallest absolute Gasteiger partial charge is 0.311 e. The van der Waals surface area contributed by atoms with E-state index in [1.54, 1.807) is 12.1 Å². The van der Waals surface area contributed by atoms with Gasteiger partial charge in [0.2, 0.25) is 0 Å². The molecule has 0 radical (unpaired) electrons. The van der Waals surface area contributed by atoms with Crippen molar-refractivity contribution >= 4 is 5.69 Å². The molecule has 0 bridgehead atoms. The van der Waals surface area contributed by atoms with Crippen LogP contribution in [0.3, 0.4) is 0 Å². The molecule has 1 saturated heterocycles. The normalized spacial score (nSPS) is 19.9. The van der Waals surface area contributed by atoms with Crippen molar-refractivity contribution in [1.29, 1.82) is 0 Å². The number of hydrogen-bond acceptors (Lipinski definition) is 5. The molecule has 92 valence electrons. The third-order valence-corrected chi connectivity index (χ3v) is 2.84. The predicted molar refractivity (Wildman–Crippen MR) is 63.3 cm³/mol. The molecule has 1 heterocycles. The van der Waals surface area contributed by atoms with E-state index in [0.29, 0.717) is 5.75 Å². The molecule has 0 amide bonds. The number of nitrogens with zero attached hydrogens (tertiary/aromatic N) is 1. The maximum atomic E-state index is 10.9. The molecule has 0 aromatic heterocycles. The number of nitrogens with one attached hydrogen (secondary N) is 2. The summed E-state index contributed by atoms with van der Waals surface area (Å²) in [5.41, 5.74) is 0.919. The Labute approximate surface area is 99.1 Å². The number of benzene rings is 1. The molecule has 2 rings (SSSR count). The maximum absolute atomic E-state index is 10.9. The van der Waals surface area contributed by atoms with E-state index in [1.165, 1.54) is 7.11 Å². The van der Waals surface area contributed by atoms with Gasteiger partial charge in [0.25, 0.3) is 0 Å². The van der Waals surface area contributed by atoms with Gasteiger partial charge >= 0.3 is 5.69 Å². The summed E-state index contributed by atoms with van der Waals surface area (Å²) >= 11 is 0. The molecule has 1 aromatic carbocycles. The first-order valence-electron chi connectivity index (χ1n) is 5.49. The number of nitro benzene ring substituents is 1. The van der Waals surface area contributed by atoms with E-state index in [2.05, 4.69) is 10.6 Å². The zero-order valence-corrected chi connectivity index (χ0v) is 9.60. The molecular formula is C11H15N3O3. The van der Waals surface area contributed by atoms with E-state index in [-0.39, 0.29) is 11.7 Å². The van der Waals surface area contributed by atoms with Crippen molar-refractivity contribution in [3.63, 3.8) is 0 Å². The molecule has 6 nitrogen and oxygen atoms in total. The minimum absolute atomic E-state index is 0.0115. The van der Waals surface area contributed by atoms with Gasteiger partial charge in [-0.1, -0.05) is 6.07 Å². The van der Waals surface area contributed by atoms with Crippen LogP contribution in [0, 0.1) is 10.1 Å². The standard InChI is InChI=1S/C11H15N3O3/c1-17-11-3-2-8(6-10(11)14(15)16)9-7-12-4-5-13-9/h2-3,6,9,12-13H,4-5,7H2,1H3/t9-/m0/s1. The Kier molecular flexibility index (Phi) is 3.55. The van der Waals surface area contributed by atoms with E-state index in [9.17, 15) is 10.1 Å². The zero-order chi connectivity index (χ0) is 12.3. The summed E-state index contributed by atoms with van der Waals surface area (Å²) in [7, 11) is 1.43. The van der Waals surface area contributed by atoms with E-state index in [0.717, 1.165) is 25.2 Å². The first-order valence-corrected chi connectivity index (χ1v) is 5.49. The highest BCUT2D eigenvalue weighted by Crippen LogP contribution is 2.29. The van der Waals surface area contributed by atoms with Crippen LogP contribution in [-0.2, 0) is 0 Å². The fourth-order valence-corrected chi connectivity index (χ4v) is 1.96. The van der Waals surface area contributed by atoms with E-state index < -0.39 is 4.92 Å². The lowest BCUT2D eigenvalue weighted by Gasteiger charge is -2.24. The van der Waals surface area contributed by atoms with Crippen LogP contribution in [0.25, 0.3) is 0 Å². The van der Waals surface area contributed by atoms with Gasteiger partial charge < -0.3 is 15.4 Å². The van der Waals surface area contributed by atoms with Gasteiger partial charge in [-0.25, -0.2) is 0 Å². The fraction of sp³-hybridized carbons (Fsp3) is 0.455. The van der Waals surface area contributed by atoms with Crippen LogP contribution in [0.2, 0.25) is 0 Å². The van der Waals surface area contributed by atoms with Crippen molar-refractivity contribution < 1.29 is 9.66 Å². The molecule has 0 unspecified atom stereocenters. The lowest BCUT2D eigenvalue weighted by molar-refractivity contribution is -0.385. The second kappa shape index (κ2) is 5.11. The van der Waals surface area contributed by atoms with Crippen molar-refractivity contribution in [2.75, 3.05) is 26.7 Å². The molecule has 0 aliphatic carbocycles. The number of rotatable bonds is 3. The molecule has 1 atom stereocenters. The molecule has 17 heavy (non-hydrogen) atoms. The van der Waals surface area contributed by atoms with Crippen LogP contribution < -0.4 is 15.4 Å². The van der Waals surface area contributed by atoms with Crippen molar-refractivity contribution in [2.45, 2.75) is 6.04 Å². The van der Waals surface area contributed by atoms with Crippen molar-refractivity contribution in [2.24, 2.45) is 0 Å². The van der Waals surface area contributed by atoms with Crippen LogP contribution in [0.4, 0.5) is 5.69 Å². The number of hydrogen-bond donors (Lipinski definition) is 2. The van der Waals surface area contributed by atoms with Crippen LogP contribution in [0.15, 0.2) is 18.2 Å². The summed E-state index contributed by atoms with van der Waals surface area (Å²) < 4.78 is 4.97. The van der Waals surface area contributed by atoms with E-state index in [4.69, 9.17) is 4.74 Å². The SMILES string of the molecule is COc1ccc([C@@H]2CNCCN2)cc1[N+](=O)[O-]. The van der Waals surface area contributed by atoms with Gasteiger partial charge in [-0.2, -0.15) is 0 Å². The first-order chi connectivity index (χ1) is 8.22. The van der Waals surface area contributed by atoms with Crippen LogP contribution in [0.1, 0.15) is 11.6 Å². The van der Waals surface area contributed by atoms with Crippen molar-refractivity contribution in [3.05, 3.63) is 33.9 Å². The third kappa shape index (κ3) is 2.54. The Morgan fingerprint density at radius 3 is 2.88 bits per heavy atom.